The molecule has 0 aliphatic carbocycles. The van der Waals surface area contributed by atoms with Crippen LogP contribution in [0.5, 0.6) is 0 Å². The maximum absolute atomic E-state index is 13.9. The van der Waals surface area contributed by atoms with Gasteiger partial charge in [0.05, 0.1) is 16.8 Å². The van der Waals surface area contributed by atoms with E-state index < -0.39 is 6.67 Å². The van der Waals surface area contributed by atoms with Crippen LogP contribution in [0.2, 0.25) is 0 Å². The molecule has 0 aliphatic rings. The average molecular weight is 358 g/mol. The molecule has 1 amide bonds. The molecule has 0 unspecified atom stereocenters. The number of alkyl halides is 1. The van der Waals surface area contributed by atoms with E-state index in [0.717, 1.165) is 22.3 Å². The first-order chi connectivity index (χ1) is 12.4. The lowest BCUT2D eigenvalue weighted by atomic mass is 10.1. The smallest absolute Gasteiger partial charge is 0.255 e. The lowest BCUT2D eigenvalue weighted by Gasteiger charge is -2.10. The van der Waals surface area contributed by atoms with Crippen LogP contribution in [0.4, 0.5) is 8.78 Å². The van der Waals surface area contributed by atoms with E-state index in [0.29, 0.717) is 23.3 Å². The van der Waals surface area contributed by atoms with Gasteiger partial charge in [-0.3, -0.25) is 14.8 Å². The Labute approximate surface area is 150 Å². The van der Waals surface area contributed by atoms with Crippen LogP contribution < -0.4 is 5.32 Å². The number of carbonyl (C=O) groups excluding carboxylic acids is 1. The Balaban J connectivity index is 2.07. The number of amides is 1. The van der Waals surface area contributed by atoms with Crippen LogP contribution in [-0.4, -0.2) is 33.7 Å². The topological polar surface area (TPSA) is 59.8 Å². The third-order valence-electron chi connectivity index (χ3n) is 4.27. The third-order valence-corrected chi connectivity index (χ3v) is 4.27. The zero-order chi connectivity index (χ0) is 18.8. The number of carbonyl (C=O) groups is 1. The van der Waals surface area contributed by atoms with Crippen molar-refractivity contribution in [2.45, 2.75) is 27.3 Å². The summed E-state index contributed by atoms with van der Waals surface area (Å²) >= 11 is 0. The molecule has 0 atom stereocenters. The maximum atomic E-state index is 13.9. The molecule has 0 spiro atoms. The first-order valence-electron chi connectivity index (χ1n) is 8.33. The largest absolute Gasteiger partial charge is 0.349 e. The second-order valence-electron chi connectivity index (χ2n) is 6.30. The molecule has 5 nitrogen and oxygen atoms in total. The number of rotatable bonds is 5. The number of pyridine rings is 2. The minimum atomic E-state index is -0.634. The van der Waals surface area contributed by atoms with E-state index in [2.05, 4.69) is 15.3 Å². The van der Waals surface area contributed by atoms with Crippen LogP contribution in [0.25, 0.3) is 11.0 Å². The summed E-state index contributed by atoms with van der Waals surface area (Å²) in [6.45, 7) is 5.02. The summed E-state index contributed by atoms with van der Waals surface area (Å²) in [5.74, 6) is -0.745. The van der Waals surface area contributed by atoms with Gasteiger partial charge in [0.2, 0.25) is 0 Å². The molecule has 0 aliphatic heterocycles. The molecule has 0 saturated heterocycles. The van der Waals surface area contributed by atoms with E-state index in [1.54, 1.807) is 19.3 Å². The number of hydrogen-bond donors (Lipinski definition) is 1. The van der Waals surface area contributed by atoms with E-state index >= 15 is 0 Å². The van der Waals surface area contributed by atoms with Gasteiger partial charge in [-0.25, -0.2) is 8.78 Å². The van der Waals surface area contributed by atoms with Gasteiger partial charge in [-0.15, -0.1) is 0 Å². The summed E-state index contributed by atoms with van der Waals surface area (Å²) in [7, 11) is 0. The third kappa shape index (κ3) is 3.42. The molecule has 3 heterocycles. The lowest BCUT2D eigenvalue weighted by molar-refractivity contribution is 0.0952. The van der Waals surface area contributed by atoms with Crippen molar-refractivity contribution in [1.82, 2.24) is 19.9 Å². The second kappa shape index (κ2) is 7.19. The molecule has 1 N–H and O–H groups in total. The first-order valence-corrected chi connectivity index (χ1v) is 8.33. The minimum absolute atomic E-state index is 0.0520. The van der Waals surface area contributed by atoms with Crippen molar-refractivity contribution in [2.75, 3.05) is 13.2 Å². The molecule has 26 heavy (non-hydrogen) atoms. The molecule has 3 rings (SSSR count). The van der Waals surface area contributed by atoms with Crippen molar-refractivity contribution in [3.05, 3.63) is 58.4 Å². The number of nitrogens with zero attached hydrogens (tertiary/aromatic N) is 3. The Morgan fingerprint density at radius 1 is 1.23 bits per heavy atom. The number of halogens is 2. The van der Waals surface area contributed by atoms with Crippen molar-refractivity contribution < 1.29 is 13.6 Å². The van der Waals surface area contributed by atoms with Crippen LogP contribution in [0, 0.1) is 26.6 Å². The number of aromatic nitrogens is 3. The normalized spacial score (nSPS) is 11.1. The summed E-state index contributed by atoms with van der Waals surface area (Å²) in [5, 5.41) is 2.52. The Hall–Kier alpha value is -2.83. The van der Waals surface area contributed by atoms with Gasteiger partial charge >= 0.3 is 0 Å². The molecule has 7 heteroatoms. The fourth-order valence-corrected chi connectivity index (χ4v) is 2.90. The lowest BCUT2D eigenvalue weighted by Crippen LogP contribution is -2.25. The molecule has 0 fully saturated rings. The Kier molecular flexibility index (Phi) is 4.97. The van der Waals surface area contributed by atoms with Gasteiger partial charge in [0.15, 0.2) is 0 Å². The van der Waals surface area contributed by atoms with Crippen LogP contribution in [0.3, 0.4) is 0 Å². The summed E-state index contributed by atoms with van der Waals surface area (Å²) < 4.78 is 28.1. The Morgan fingerprint density at radius 2 is 2.00 bits per heavy atom. The van der Waals surface area contributed by atoms with Crippen molar-refractivity contribution in [1.29, 1.82) is 0 Å². The fourth-order valence-electron chi connectivity index (χ4n) is 2.90. The number of fused-ring (bicyclic) bond motifs is 1. The second-order valence-corrected chi connectivity index (χ2v) is 6.30. The van der Waals surface area contributed by atoms with Gasteiger partial charge in [-0.05, 0) is 44.0 Å². The quantitative estimate of drug-likeness (QED) is 0.762. The molecule has 0 radical (unpaired) electrons. The number of nitrogens with one attached hydrogen (secondary N) is 1. The standard InChI is InChI=1S/C19H20F2N4O/c1-11-6-17-18(23-8-11)15(19(26)22-5-4-20)10-25(17)9-14-7-16(21)13(3)24-12(14)2/h6-8,10H,4-5,9H2,1-3H3,(H,22,26). The minimum Gasteiger partial charge on any atom is -0.349 e. The first kappa shape index (κ1) is 18.0. The highest BCUT2D eigenvalue weighted by Gasteiger charge is 2.17. The molecule has 0 saturated carbocycles. The molecule has 136 valence electrons. The zero-order valence-corrected chi connectivity index (χ0v) is 14.9. The van der Waals surface area contributed by atoms with Crippen molar-refractivity contribution >= 4 is 16.9 Å². The molecular formula is C19H20F2N4O. The molecule has 0 aromatic carbocycles. The van der Waals surface area contributed by atoms with Gasteiger partial charge < -0.3 is 9.88 Å². The van der Waals surface area contributed by atoms with Crippen molar-refractivity contribution in [3.8, 4) is 0 Å². The van der Waals surface area contributed by atoms with Crippen LogP contribution in [0.1, 0.15) is 32.9 Å². The van der Waals surface area contributed by atoms with Gasteiger partial charge in [0.1, 0.15) is 18.0 Å². The van der Waals surface area contributed by atoms with Crippen molar-refractivity contribution in [2.24, 2.45) is 0 Å². The zero-order valence-electron chi connectivity index (χ0n) is 14.9. The van der Waals surface area contributed by atoms with E-state index in [-0.39, 0.29) is 18.3 Å². The van der Waals surface area contributed by atoms with Gasteiger partial charge in [-0.1, -0.05) is 0 Å². The monoisotopic (exact) mass is 358 g/mol. The van der Waals surface area contributed by atoms with Crippen LogP contribution >= 0.6 is 0 Å². The Bertz CT molecular complexity index is 981. The molecule has 3 aromatic heterocycles. The summed E-state index contributed by atoms with van der Waals surface area (Å²) in [6, 6.07) is 3.39. The maximum Gasteiger partial charge on any atom is 0.255 e. The Morgan fingerprint density at radius 3 is 2.73 bits per heavy atom. The predicted molar refractivity (Wildman–Crippen MR) is 95.5 cm³/mol. The van der Waals surface area contributed by atoms with E-state index in [1.165, 1.54) is 6.07 Å². The number of aryl methyl sites for hydroxylation is 3. The highest BCUT2D eigenvalue weighted by Crippen LogP contribution is 2.23. The average Bonchev–Trinajstić information content (AvgIpc) is 2.95. The summed E-state index contributed by atoms with van der Waals surface area (Å²) in [6.07, 6.45) is 3.35. The summed E-state index contributed by atoms with van der Waals surface area (Å²) in [4.78, 5) is 20.9. The van der Waals surface area contributed by atoms with E-state index in [4.69, 9.17) is 0 Å². The fraction of sp³-hybridized carbons (Fsp3) is 0.316. The summed E-state index contributed by atoms with van der Waals surface area (Å²) in [5.41, 5.74) is 4.41. The molecule has 0 bridgehead atoms. The van der Waals surface area contributed by atoms with Crippen molar-refractivity contribution in [3.63, 3.8) is 0 Å². The molecular weight excluding hydrogens is 338 g/mol. The van der Waals surface area contributed by atoms with Gasteiger partial charge in [0.25, 0.3) is 5.91 Å². The molecule has 3 aromatic rings. The van der Waals surface area contributed by atoms with Gasteiger partial charge in [0, 0.05) is 31.2 Å². The van der Waals surface area contributed by atoms with Gasteiger partial charge in [-0.2, -0.15) is 0 Å². The highest BCUT2D eigenvalue weighted by atomic mass is 19.1. The van der Waals surface area contributed by atoms with E-state index in [9.17, 15) is 13.6 Å². The SMILES string of the molecule is Cc1cnc2c(C(=O)NCCF)cn(Cc3cc(F)c(C)nc3C)c2c1. The van der Waals surface area contributed by atoms with Crippen LogP contribution in [-0.2, 0) is 6.54 Å². The predicted octanol–water partition coefficient (Wildman–Crippen LogP) is 3.24. The number of hydrogen-bond acceptors (Lipinski definition) is 3. The van der Waals surface area contributed by atoms with E-state index in [1.807, 2.05) is 24.5 Å². The van der Waals surface area contributed by atoms with Crippen LogP contribution in [0.15, 0.2) is 24.5 Å². The highest BCUT2D eigenvalue weighted by molar-refractivity contribution is 6.05.